The molecular weight excluding hydrogens is 209 g/mol. The Kier molecular flexibility index (Phi) is 2.25. The summed E-state index contributed by atoms with van der Waals surface area (Å²) < 4.78 is 8.23. The summed E-state index contributed by atoms with van der Waals surface area (Å²) in [5.41, 5.74) is -1.08. The Morgan fingerprint density at radius 1 is 1.58 bits per heavy atom. The van der Waals surface area contributed by atoms with E-state index in [-0.39, 0.29) is 0 Å². The molecule has 68 valence electrons. The molecular formula is C3H4NO6PS. The van der Waals surface area contributed by atoms with E-state index in [9.17, 15) is 4.79 Å². The van der Waals surface area contributed by atoms with Crippen LogP contribution >= 0.6 is 6.72 Å². The molecule has 0 aromatic carbocycles. The van der Waals surface area contributed by atoms with Crippen molar-refractivity contribution in [3.63, 3.8) is 0 Å². The molecule has 7 nitrogen and oxygen atoms in total. The van der Waals surface area contributed by atoms with Crippen molar-refractivity contribution in [1.82, 2.24) is 5.16 Å². The van der Waals surface area contributed by atoms with Crippen molar-refractivity contribution in [2.24, 2.45) is 0 Å². The Morgan fingerprint density at radius 2 is 2.17 bits per heavy atom. The minimum absolute atomic E-state index is 0.590. The lowest BCUT2D eigenvalue weighted by Gasteiger charge is -2.05. The summed E-state index contributed by atoms with van der Waals surface area (Å²) >= 11 is 4.06. The fourth-order valence-corrected chi connectivity index (χ4v) is 1.05. The van der Waals surface area contributed by atoms with Crippen LogP contribution in [0.4, 0.5) is 0 Å². The number of hydrogen-bond donors (Lipinski definition) is 4. The second kappa shape index (κ2) is 2.91. The first-order valence-electron chi connectivity index (χ1n) is 2.56. The fraction of sp³-hybridized carbons (Fsp3) is 0. The van der Waals surface area contributed by atoms with Crippen molar-refractivity contribution in [1.29, 1.82) is 0 Å². The van der Waals surface area contributed by atoms with Gasteiger partial charge in [-0.15, -0.1) is 0 Å². The fourth-order valence-electron chi connectivity index (χ4n) is 0.463. The van der Waals surface area contributed by atoms with Crippen LogP contribution in [0.3, 0.4) is 0 Å². The minimum Gasteiger partial charge on any atom is -0.498 e. The quantitative estimate of drug-likeness (QED) is 0.478. The van der Waals surface area contributed by atoms with Gasteiger partial charge < -0.3 is 23.9 Å². The molecule has 0 bridgehead atoms. The zero-order valence-electron chi connectivity index (χ0n) is 5.42. The highest BCUT2D eigenvalue weighted by Crippen LogP contribution is 2.39. The van der Waals surface area contributed by atoms with E-state index in [2.05, 4.69) is 20.9 Å². The van der Waals surface area contributed by atoms with Crippen molar-refractivity contribution in [2.75, 3.05) is 0 Å². The molecule has 1 aromatic rings. The van der Waals surface area contributed by atoms with Gasteiger partial charge in [-0.25, -0.2) is 4.79 Å². The number of nitrogens with one attached hydrogen (secondary N) is 1. The summed E-state index contributed by atoms with van der Waals surface area (Å²) in [4.78, 5) is 27.6. The number of rotatable bonds is 2. The summed E-state index contributed by atoms with van der Waals surface area (Å²) in [5, 5.41) is 10.6. The van der Waals surface area contributed by atoms with Gasteiger partial charge in [-0.1, -0.05) is 0 Å². The van der Waals surface area contributed by atoms with Crippen LogP contribution in [0.5, 0.6) is 11.6 Å². The average molecular weight is 213 g/mol. The topological polar surface area (TPSA) is 116 Å². The van der Waals surface area contributed by atoms with Crippen LogP contribution in [0.25, 0.3) is 0 Å². The minimum atomic E-state index is -3.96. The van der Waals surface area contributed by atoms with Gasteiger partial charge in [0.15, 0.2) is 0 Å². The van der Waals surface area contributed by atoms with Gasteiger partial charge in [0.25, 0.3) is 11.6 Å². The SMILES string of the molecule is O=c1o[nH]c(OP(O)(O)=S)c1O. The standard InChI is InChI=1S/C3H4NO6PS/c5-1-2(4-9-3(1)6)10-11(7,8)12/h4-5H,(H2,7,8,12). The number of aromatic nitrogens is 1. The predicted octanol–water partition coefficient (Wildman–Crippen LogP) is -0.739. The molecule has 0 aliphatic rings. The lowest BCUT2D eigenvalue weighted by atomic mass is 10.6. The van der Waals surface area contributed by atoms with Crippen molar-refractivity contribution < 1.29 is 23.9 Å². The highest BCUT2D eigenvalue weighted by atomic mass is 32.5. The van der Waals surface area contributed by atoms with E-state index in [0.29, 0.717) is 0 Å². The molecule has 0 fully saturated rings. The molecule has 0 saturated heterocycles. The highest BCUT2D eigenvalue weighted by Gasteiger charge is 2.18. The molecule has 9 heteroatoms. The maximum Gasteiger partial charge on any atom is 0.403 e. The molecule has 0 unspecified atom stereocenters. The second-order valence-electron chi connectivity index (χ2n) is 1.75. The van der Waals surface area contributed by atoms with Crippen LogP contribution in [-0.2, 0) is 11.8 Å². The maximum atomic E-state index is 10.4. The monoisotopic (exact) mass is 213 g/mol. The van der Waals surface area contributed by atoms with Gasteiger partial charge in [-0.3, -0.25) is 0 Å². The molecule has 12 heavy (non-hydrogen) atoms. The third-order valence-electron chi connectivity index (χ3n) is 0.855. The molecule has 1 heterocycles. The van der Waals surface area contributed by atoms with E-state index < -0.39 is 24.0 Å². The molecule has 0 saturated carbocycles. The largest absolute Gasteiger partial charge is 0.498 e. The van der Waals surface area contributed by atoms with Gasteiger partial charge in [-0.05, 0) is 0 Å². The number of aromatic amines is 1. The number of hydrogen-bond acceptors (Lipinski definition) is 5. The Hall–Kier alpha value is -0.820. The zero-order valence-corrected chi connectivity index (χ0v) is 7.13. The molecule has 0 radical (unpaired) electrons. The highest BCUT2D eigenvalue weighted by molar-refractivity contribution is 8.06. The zero-order chi connectivity index (χ0) is 9.35. The predicted molar refractivity (Wildman–Crippen MR) is 40.3 cm³/mol. The smallest absolute Gasteiger partial charge is 0.403 e. The molecule has 0 aliphatic heterocycles. The van der Waals surface area contributed by atoms with Crippen molar-refractivity contribution >= 4 is 18.5 Å². The van der Waals surface area contributed by atoms with Crippen LogP contribution in [0.15, 0.2) is 9.32 Å². The normalized spacial score (nSPS) is 11.5. The maximum absolute atomic E-state index is 10.4. The summed E-state index contributed by atoms with van der Waals surface area (Å²) in [6.07, 6.45) is 0. The van der Waals surface area contributed by atoms with E-state index in [1.54, 1.807) is 0 Å². The van der Waals surface area contributed by atoms with Crippen LogP contribution in [0, 0.1) is 0 Å². The third kappa shape index (κ3) is 2.08. The van der Waals surface area contributed by atoms with Crippen molar-refractivity contribution in [3.05, 3.63) is 10.4 Å². The number of H-pyrrole nitrogens is 1. The van der Waals surface area contributed by atoms with Gasteiger partial charge in [0.2, 0.25) is 0 Å². The first kappa shape index (κ1) is 9.27. The Bertz CT molecular complexity index is 374. The van der Waals surface area contributed by atoms with Gasteiger partial charge in [0, 0.05) is 11.8 Å². The Balaban J connectivity index is 2.99. The van der Waals surface area contributed by atoms with Crippen LogP contribution in [0.2, 0.25) is 0 Å². The van der Waals surface area contributed by atoms with Crippen molar-refractivity contribution in [2.45, 2.75) is 0 Å². The van der Waals surface area contributed by atoms with E-state index in [4.69, 9.17) is 14.9 Å². The summed E-state index contributed by atoms with van der Waals surface area (Å²) in [6, 6.07) is 0. The van der Waals surface area contributed by atoms with Crippen LogP contribution in [0.1, 0.15) is 0 Å². The lowest BCUT2D eigenvalue weighted by Crippen LogP contribution is -1.92. The molecule has 0 spiro atoms. The molecule has 0 atom stereocenters. The second-order valence-corrected chi connectivity index (χ2v) is 4.34. The van der Waals surface area contributed by atoms with Gasteiger partial charge in [-0.2, -0.15) is 5.16 Å². The third-order valence-corrected chi connectivity index (χ3v) is 1.50. The van der Waals surface area contributed by atoms with Crippen LogP contribution in [-0.4, -0.2) is 20.1 Å². The molecule has 1 rings (SSSR count). The van der Waals surface area contributed by atoms with E-state index in [0.717, 1.165) is 0 Å². The average Bonchev–Trinajstić information content (AvgIpc) is 2.16. The van der Waals surface area contributed by atoms with E-state index in [1.165, 1.54) is 0 Å². The van der Waals surface area contributed by atoms with E-state index >= 15 is 0 Å². The Morgan fingerprint density at radius 3 is 2.50 bits per heavy atom. The van der Waals surface area contributed by atoms with E-state index in [1.807, 2.05) is 5.16 Å². The first-order valence-corrected chi connectivity index (χ1v) is 5.18. The molecule has 4 N–H and O–H groups in total. The Labute approximate surface area is 70.4 Å². The summed E-state index contributed by atoms with van der Waals surface area (Å²) in [6.45, 7) is -3.96. The summed E-state index contributed by atoms with van der Waals surface area (Å²) in [5.74, 6) is -1.47. The van der Waals surface area contributed by atoms with Gasteiger partial charge >= 0.3 is 12.3 Å². The van der Waals surface area contributed by atoms with Crippen molar-refractivity contribution in [3.8, 4) is 11.6 Å². The van der Waals surface area contributed by atoms with Gasteiger partial charge in [0.1, 0.15) is 0 Å². The summed E-state index contributed by atoms with van der Waals surface area (Å²) in [7, 11) is 0. The van der Waals surface area contributed by atoms with Crippen LogP contribution < -0.4 is 10.1 Å². The lowest BCUT2D eigenvalue weighted by molar-refractivity contribution is 0.330. The molecule has 0 amide bonds. The molecule has 0 aliphatic carbocycles. The number of aromatic hydroxyl groups is 1. The first-order chi connectivity index (χ1) is 5.40. The van der Waals surface area contributed by atoms with Gasteiger partial charge in [0.05, 0.1) is 0 Å². The molecule has 1 aromatic heterocycles.